The fourth-order valence-corrected chi connectivity index (χ4v) is 7.69. The summed E-state index contributed by atoms with van der Waals surface area (Å²) in [5.41, 5.74) is 0.385. The van der Waals surface area contributed by atoms with Crippen LogP contribution in [0.5, 0.6) is 5.75 Å². The van der Waals surface area contributed by atoms with Crippen molar-refractivity contribution in [2.24, 2.45) is 0 Å². The maximum Gasteiger partial charge on any atom is 0.259 e. The molecule has 2 aromatic rings. The van der Waals surface area contributed by atoms with Crippen molar-refractivity contribution in [3.05, 3.63) is 53.3 Å². The van der Waals surface area contributed by atoms with Crippen molar-refractivity contribution in [3.8, 4) is 16.9 Å². The lowest BCUT2D eigenvalue weighted by Crippen LogP contribution is -2.49. The van der Waals surface area contributed by atoms with E-state index in [0.717, 1.165) is 38.5 Å². The Balaban J connectivity index is 1.20. The van der Waals surface area contributed by atoms with Gasteiger partial charge in [0.25, 0.3) is 5.91 Å². The summed E-state index contributed by atoms with van der Waals surface area (Å²) in [6, 6.07) is 9.98. The minimum atomic E-state index is -3.70. The molecule has 238 valence electrons. The Morgan fingerprint density at radius 3 is 2.52 bits per heavy atom. The highest BCUT2D eigenvalue weighted by Crippen LogP contribution is 2.46. The fourth-order valence-electron chi connectivity index (χ4n) is 7.13. The number of halogens is 2. The third-order valence-corrected chi connectivity index (χ3v) is 11.3. The quantitative estimate of drug-likeness (QED) is 0.348. The Bertz CT molecular complexity index is 1540. The van der Waals surface area contributed by atoms with E-state index >= 15 is 8.78 Å². The summed E-state index contributed by atoms with van der Waals surface area (Å²) in [5, 5.41) is 6.17. The first-order valence-corrected chi connectivity index (χ1v) is 17.5. The van der Waals surface area contributed by atoms with Gasteiger partial charge in [-0.15, -0.1) is 0 Å². The van der Waals surface area contributed by atoms with Crippen LogP contribution >= 0.6 is 0 Å². The van der Waals surface area contributed by atoms with Gasteiger partial charge in [-0.3, -0.25) is 14.3 Å². The Kier molecular flexibility index (Phi) is 8.47. The van der Waals surface area contributed by atoms with Crippen molar-refractivity contribution in [2.75, 3.05) is 12.3 Å². The molecule has 3 atom stereocenters. The average Bonchev–Trinajstić information content (AvgIpc) is 3.54. The van der Waals surface area contributed by atoms with Crippen molar-refractivity contribution in [2.45, 2.75) is 107 Å². The maximum absolute atomic E-state index is 15.6. The first-order valence-electron chi connectivity index (χ1n) is 15.8. The molecule has 8 nitrogen and oxygen atoms in total. The van der Waals surface area contributed by atoms with E-state index in [0.29, 0.717) is 47.3 Å². The lowest BCUT2D eigenvalue weighted by molar-refractivity contribution is -0.133. The molecule has 2 aromatic carbocycles. The minimum Gasteiger partial charge on any atom is -0.490 e. The topological polar surface area (TPSA) is 114 Å². The van der Waals surface area contributed by atoms with E-state index in [4.69, 9.17) is 4.74 Å². The zero-order valence-corrected chi connectivity index (χ0v) is 25.9. The number of benzene rings is 2. The number of alkyl halides is 1. The molecule has 3 saturated carbocycles. The van der Waals surface area contributed by atoms with Crippen LogP contribution in [0.2, 0.25) is 0 Å². The number of nitrogens with one attached hydrogen (secondary N) is 3. The molecule has 4 aliphatic rings. The predicted molar refractivity (Wildman–Crippen MR) is 163 cm³/mol. The molecule has 1 heterocycles. The highest BCUT2D eigenvalue weighted by molar-refractivity contribution is 7.90. The van der Waals surface area contributed by atoms with Gasteiger partial charge in [0.1, 0.15) is 17.7 Å². The smallest absolute Gasteiger partial charge is 0.259 e. The molecule has 4 fully saturated rings. The normalized spacial score (nSPS) is 26.2. The Morgan fingerprint density at radius 2 is 1.86 bits per heavy atom. The molecule has 0 unspecified atom stereocenters. The molecule has 44 heavy (non-hydrogen) atoms. The predicted octanol–water partition coefficient (Wildman–Crippen LogP) is 4.81. The van der Waals surface area contributed by atoms with Gasteiger partial charge in [-0.05, 0) is 92.7 Å². The summed E-state index contributed by atoms with van der Waals surface area (Å²) in [4.78, 5) is 25.5. The number of carbonyl (C=O) groups is 2. The summed E-state index contributed by atoms with van der Waals surface area (Å²) >= 11 is 0. The second kappa shape index (κ2) is 12.0. The second-order valence-corrected chi connectivity index (χ2v) is 15.1. The van der Waals surface area contributed by atoms with Crippen LogP contribution in [0.4, 0.5) is 8.78 Å². The van der Waals surface area contributed by atoms with E-state index in [9.17, 15) is 18.0 Å². The minimum absolute atomic E-state index is 0.0422. The zero-order valence-electron chi connectivity index (χ0n) is 25.1. The van der Waals surface area contributed by atoms with Crippen LogP contribution < -0.4 is 20.1 Å². The first-order chi connectivity index (χ1) is 21.0. The molecule has 6 rings (SSSR count). The summed E-state index contributed by atoms with van der Waals surface area (Å²) in [7, 11) is -3.70. The van der Waals surface area contributed by atoms with Gasteiger partial charge in [0.15, 0.2) is 0 Å². The summed E-state index contributed by atoms with van der Waals surface area (Å²) < 4.78 is 63.2. The largest absolute Gasteiger partial charge is 0.490 e. The third-order valence-electron chi connectivity index (χ3n) is 10.0. The van der Waals surface area contributed by atoms with Gasteiger partial charge >= 0.3 is 0 Å². The van der Waals surface area contributed by atoms with Crippen LogP contribution in [0.3, 0.4) is 0 Å². The van der Waals surface area contributed by atoms with Gasteiger partial charge in [-0.2, -0.15) is 0 Å². The molecule has 1 aliphatic heterocycles. The molecule has 3 aliphatic carbocycles. The fraction of sp³-hybridized carbons (Fsp3) is 0.576. The molecule has 11 heteroatoms. The molecule has 3 N–H and O–H groups in total. The van der Waals surface area contributed by atoms with E-state index in [1.54, 1.807) is 24.3 Å². The number of hydrogen-bond acceptors (Lipinski definition) is 6. The van der Waals surface area contributed by atoms with Gasteiger partial charge in [0.2, 0.25) is 21.6 Å². The van der Waals surface area contributed by atoms with Crippen LogP contribution in [0.25, 0.3) is 11.1 Å². The van der Waals surface area contributed by atoms with Gasteiger partial charge < -0.3 is 15.4 Å². The number of hydrogen-bond donors (Lipinski definition) is 3. The van der Waals surface area contributed by atoms with Crippen LogP contribution in [-0.4, -0.2) is 55.9 Å². The Morgan fingerprint density at radius 1 is 1.07 bits per heavy atom. The molecular formula is C33H41F2N3O5S. The van der Waals surface area contributed by atoms with E-state index in [-0.39, 0.29) is 54.6 Å². The Labute approximate surface area is 257 Å². The number of carbonyl (C=O) groups excluding carboxylic acids is 2. The lowest BCUT2D eigenvalue weighted by Gasteiger charge is -2.38. The molecule has 0 aromatic heterocycles. The summed E-state index contributed by atoms with van der Waals surface area (Å²) in [6.45, 7) is 1.50. The highest BCUT2D eigenvalue weighted by atomic mass is 32.2. The van der Waals surface area contributed by atoms with Crippen LogP contribution in [0.15, 0.2) is 36.4 Å². The van der Waals surface area contributed by atoms with Crippen molar-refractivity contribution < 1.29 is 31.5 Å². The van der Waals surface area contributed by atoms with Crippen molar-refractivity contribution in [1.82, 2.24) is 15.4 Å². The summed E-state index contributed by atoms with van der Waals surface area (Å²) in [5.74, 6) is -1.10. The van der Waals surface area contributed by atoms with Crippen molar-refractivity contribution in [1.29, 1.82) is 0 Å². The average molecular weight is 630 g/mol. The van der Waals surface area contributed by atoms with Crippen LogP contribution in [0, 0.1) is 5.82 Å². The van der Waals surface area contributed by atoms with Gasteiger partial charge in [0, 0.05) is 36.5 Å². The zero-order chi connectivity index (χ0) is 31.1. The van der Waals surface area contributed by atoms with E-state index < -0.39 is 27.5 Å². The molecule has 0 bridgehead atoms. The number of amides is 2. The maximum atomic E-state index is 15.6. The van der Waals surface area contributed by atoms with E-state index in [1.165, 1.54) is 13.0 Å². The highest BCUT2D eigenvalue weighted by Gasteiger charge is 2.55. The van der Waals surface area contributed by atoms with Crippen molar-refractivity contribution in [3.63, 3.8) is 0 Å². The van der Waals surface area contributed by atoms with Gasteiger partial charge in [-0.1, -0.05) is 24.6 Å². The van der Waals surface area contributed by atoms with Crippen molar-refractivity contribution >= 4 is 21.8 Å². The van der Waals surface area contributed by atoms with E-state index in [1.807, 2.05) is 6.07 Å². The molecular weight excluding hydrogens is 588 g/mol. The number of sulfonamides is 1. The molecule has 0 radical (unpaired) electrons. The second-order valence-electron chi connectivity index (χ2n) is 13.1. The third kappa shape index (κ3) is 6.36. The molecule has 1 saturated heterocycles. The Hall–Kier alpha value is -3.05. The van der Waals surface area contributed by atoms with Crippen LogP contribution in [0.1, 0.15) is 88.2 Å². The first kappa shape index (κ1) is 31.0. The molecule has 2 amide bonds. The summed E-state index contributed by atoms with van der Waals surface area (Å²) in [6.07, 6.45) is 7.28. The molecule has 1 spiro atoms. The SMILES string of the molecule is CCS(=O)(=O)NC(=O)Cc1ccc(O[C@@H]2CC[C@@H](NC(=O)[C@@]3(F)CNC4(CCC4)C3)C2)c(-c2cccc(F)c2C2CCC2)c1. The van der Waals surface area contributed by atoms with E-state index in [2.05, 4.69) is 15.4 Å². The number of ether oxygens (including phenoxy) is 1. The van der Waals surface area contributed by atoms with Crippen LogP contribution in [-0.2, 0) is 26.0 Å². The lowest BCUT2D eigenvalue weighted by atomic mass is 9.74. The van der Waals surface area contributed by atoms with Gasteiger partial charge in [-0.25, -0.2) is 17.2 Å². The number of rotatable bonds is 10. The standard InChI is InChI=1S/C33H41F2N3O5S/c1-2-44(41,42)38-29(39)17-21-10-13-28(26(16-21)25-8-4-9-27(34)30(25)22-6-3-7-22)43-24-12-11-23(18-24)37-31(40)33(35)19-32(36-20-33)14-5-15-32/h4,8-10,13,16,22-24,36H,2-3,5-7,11-12,14-15,17-20H2,1H3,(H,37,40)(H,38,39)/t23-,24-,33+/m1/s1. The monoisotopic (exact) mass is 629 g/mol. The van der Waals surface area contributed by atoms with Gasteiger partial charge in [0.05, 0.1) is 12.2 Å².